The summed E-state index contributed by atoms with van der Waals surface area (Å²) in [6.07, 6.45) is 7.76. The van der Waals surface area contributed by atoms with E-state index in [1.54, 1.807) is 0 Å². The van der Waals surface area contributed by atoms with E-state index in [0.717, 1.165) is 0 Å². The van der Waals surface area contributed by atoms with E-state index in [0.29, 0.717) is 37.2 Å². The molecule has 0 aliphatic rings. The molecule has 0 bridgehead atoms. The monoisotopic (exact) mass is 576 g/mol. The molecule has 0 aliphatic heterocycles. The molecule has 2 rings (SSSR count). The molecule has 0 aromatic carbocycles. The molecule has 0 aliphatic carbocycles. The van der Waals surface area contributed by atoms with Gasteiger partial charge in [0.05, 0.1) is 18.7 Å². The van der Waals surface area contributed by atoms with Crippen molar-refractivity contribution in [3.8, 4) is 0 Å². The first-order chi connectivity index (χ1) is 19.6. The Kier molecular flexibility index (Phi) is 13.7. The van der Waals surface area contributed by atoms with Gasteiger partial charge in [0, 0.05) is 43.2 Å². The highest BCUT2D eigenvalue weighted by molar-refractivity contribution is 5.94. The van der Waals surface area contributed by atoms with Gasteiger partial charge in [0.25, 0.3) is 0 Å². The van der Waals surface area contributed by atoms with Crippen LogP contribution in [0.3, 0.4) is 0 Å². The molecule has 3 amide bonds. The second-order valence-corrected chi connectivity index (χ2v) is 9.42. The average molecular weight is 577 g/mol. The number of amides is 3. The summed E-state index contributed by atoms with van der Waals surface area (Å²) in [6.45, 7) is 0.563. The van der Waals surface area contributed by atoms with E-state index in [2.05, 4.69) is 40.9 Å². The lowest BCUT2D eigenvalue weighted by Crippen LogP contribution is -2.57. The SMILES string of the molecule is NCCCCC(NC(=O)C(Cc1cnc[nH]1)NC(=O)C(N)Cc1cnc[nH]1)C(=O)NC(CCCN=C(N)N)C(=O)O. The number of aliphatic carboxylic acids is 1. The van der Waals surface area contributed by atoms with Gasteiger partial charge in [-0.3, -0.25) is 19.4 Å². The summed E-state index contributed by atoms with van der Waals surface area (Å²) >= 11 is 0. The second-order valence-electron chi connectivity index (χ2n) is 9.42. The van der Waals surface area contributed by atoms with E-state index in [-0.39, 0.29) is 38.2 Å². The summed E-state index contributed by atoms with van der Waals surface area (Å²) in [7, 11) is 0. The molecule has 0 spiro atoms. The number of unbranched alkanes of at least 4 members (excludes halogenated alkanes) is 1. The predicted molar refractivity (Wildman–Crippen MR) is 149 cm³/mol. The minimum absolute atomic E-state index is 0.0357. The van der Waals surface area contributed by atoms with Crippen LogP contribution < -0.4 is 38.9 Å². The number of H-pyrrole nitrogens is 2. The molecule has 4 atom stereocenters. The molecular formula is C24H40N12O5. The van der Waals surface area contributed by atoms with E-state index >= 15 is 0 Å². The van der Waals surface area contributed by atoms with Gasteiger partial charge < -0.3 is 54.0 Å². The van der Waals surface area contributed by atoms with Gasteiger partial charge in [0.15, 0.2) is 5.96 Å². The molecule has 2 heterocycles. The van der Waals surface area contributed by atoms with Crippen molar-refractivity contribution in [2.45, 2.75) is 69.1 Å². The lowest BCUT2D eigenvalue weighted by Gasteiger charge is -2.25. The summed E-state index contributed by atoms with van der Waals surface area (Å²) in [6, 6.07) is -4.41. The summed E-state index contributed by atoms with van der Waals surface area (Å²) < 4.78 is 0. The molecule has 0 saturated carbocycles. The number of aromatic amines is 2. The number of hydrogen-bond acceptors (Lipinski definition) is 9. The predicted octanol–water partition coefficient (Wildman–Crippen LogP) is -3.03. The number of carbonyl (C=O) groups is 4. The molecule has 4 unspecified atom stereocenters. The fourth-order valence-corrected chi connectivity index (χ4v) is 3.90. The number of imidazole rings is 2. The molecule has 0 radical (unpaired) electrons. The molecule has 17 heteroatoms. The van der Waals surface area contributed by atoms with Gasteiger partial charge in [-0.15, -0.1) is 0 Å². The number of nitrogens with two attached hydrogens (primary N) is 4. The molecule has 2 aromatic rings. The van der Waals surface area contributed by atoms with Crippen molar-refractivity contribution >= 4 is 29.7 Å². The fourth-order valence-electron chi connectivity index (χ4n) is 3.90. The number of hydrogen-bond donors (Lipinski definition) is 10. The number of carboxylic acids is 1. The largest absolute Gasteiger partial charge is 0.480 e. The number of guanidine groups is 1. The van der Waals surface area contributed by atoms with Crippen molar-refractivity contribution in [3.63, 3.8) is 0 Å². The number of nitrogens with zero attached hydrogens (tertiary/aromatic N) is 3. The molecule has 14 N–H and O–H groups in total. The first-order valence-corrected chi connectivity index (χ1v) is 13.2. The van der Waals surface area contributed by atoms with Crippen LogP contribution in [0.1, 0.15) is 43.5 Å². The third-order valence-corrected chi connectivity index (χ3v) is 6.08. The summed E-state index contributed by atoms with van der Waals surface area (Å²) in [5.41, 5.74) is 23.4. The van der Waals surface area contributed by atoms with Gasteiger partial charge in [-0.05, 0) is 38.6 Å². The van der Waals surface area contributed by atoms with Crippen molar-refractivity contribution in [1.29, 1.82) is 0 Å². The minimum Gasteiger partial charge on any atom is -0.480 e. The Bertz CT molecular complexity index is 1120. The fraction of sp³-hybridized carbons (Fsp3) is 0.542. The van der Waals surface area contributed by atoms with Crippen LogP contribution in [-0.2, 0) is 32.0 Å². The topological polar surface area (TPSA) is 298 Å². The van der Waals surface area contributed by atoms with Crippen LogP contribution in [0.5, 0.6) is 0 Å². The van der Waals surface area contributed by atoms with Gasteiger partial charge in [-0.1, -0.05) is 0 Å². The lowest BCUT2D eigenvalue weighted by atomic mass is 10.0. The maximum atomic E-state index is 13.4. The molecule has 2 aromatic heterocycles. The average Bonchev–Trinajstić information content (AvgIpc) is 3.63. The van der Waals surface area contributed by atoms with Gasteiger partial charge in [0.1, 0.15) is 18.1 Å². The number of aromatic nitrogens is 4. The highest BCUT2D eigenvalue weighted by Crippen LogP contribution is 2.07. The van der Waals surface area contributed by atoms with E-state index in [1.807, 2.05) is 0 Å². The Morgan fingerprint density at radius 3 is 1.95 bits per heavy atom. The standard InChI is InChI=1S/C24H40N12O5/c25-6-2-1-4-17(21(38)35-18(23(40)41)5-3-7-31-24(27)28)34-22(39)19(9-15-11-30-13-33-15)36-20(37)16(26)8-14-10-29-12-32-14/h10-13,16-19H,1-9,25-26H2,(H,29,32)(H,30,33)(H,34,39)(H,35,38)(H,36,37)(H,40,41)(H4,27,28,31). The van der Waals surface area contributed by atoms with Crippen molar-refractivity contribution in [1.82, 2.24) is 35.9 Å². The Hall–Kier alpha value is -4.51. The van der Waals surface area contributed by atoms with Crippen LogP contribution in [0.25, 0.3) is 0 Å². The summed E-state index contributed by atoms with van der Waals surface area (Å²) in [5.74, 6) is -3.30. The van der Waals surface area contributed by atoms with Crippen LogP contribution >= 0.6 is 0 Å². The zero-order valence-electron chi connectivity index (χ0n) is 22.7. The number of carbonyl (C=O) groups excluding carboxylic acids is 3. The van der Waals surface area contributed by atoms with Crippen molar-refractivity contribution in [2.75, 3.05) is 13.1 Å². The van der Waals surface area contributed by atoms with Crippen LogP contribution in [0.2, 0.25) is 0 Å². The zero-order valence-corrected chi connectivity index (χ0v) is 22.7. The van der Waals surface area contributed by atoms with Gasteiger partial charge in [0.2, 0.25) is 17.7 Å². The van der Waals surface area contributed by atoms with Crippen LogP contribution in [-0.4, -0.2) is 91.9 Å². The maximum Gasteiger partial charge on any atom is 0.326 e. The molecule has 0 fully saturated rings. The Labute approximate surface area is 236 Å². The number of rotatable bonds is 19. The van der Waals surface area contributed by atoms with E-state index < -0.39 is 47.9 Å². The smallest absolute Gasteiger partial charge is 0.326 e. The van der Waals surface area contributed by atoms with Gasteiger partial charge in [-0.25, -0.2) is 14.8 Å². The molecule has 41 heavy (non-hydrogen) atoms. The van der Waals surface area contributed by atoms with Crippen LogP contribution in [0.15, 0.2) is 30.0 Å². The normalized spacial score (nSPS) is 13.8. The van der Waals surface area contributed by atoms with Gasteiger partial charge >= 0.3 is 5.97 Å². The van der Waals surface area contributed by atoms with E-state index in [4.69, 9.17) is 22.9 Å². The van der Waals surface area contributed by atoms with Crippen LogP contribution in [0, 0.1) is 0 Å². The Morgan fingerprint density at radius 2 is 1.39 bits per heavy atom. The number of carboxylic acid groups (broad SMARTS) is 1. The van der Waals surface area contributed by atoms with Crippen molar-refractivity contribution in [3.05, 3.63) is 36.4 Å². The lowest BCUT2D eigenvalue weighted by molar-refractivity contribution is -0.142. The summed E-state index contributed by atoms with van der Waals surface area (Å²) in [5, 5.41) is 17.4. The van der Waals surface area contributed by atoms with Crippen molar-refractivity contribution in [2.24, 2.45) is 27.9 Å². The van der Waals surface area contributed by atoms with Gasteiger partial charge in [-0.2, -0.15) is 0 Å². The first kappa shape index (κ1) is 32.7. The third kappa shape index (κ3) is 12.0. The van der Waals surface area contributed by atoms with Crippen LogP contribution in [0.4, 0.5) is 0 Å². The number of aliphatic imine (C=N–C) groups is 1. The number of nitrogens with one attached hydrogen (secondary N) is 5. The quantitative estimate of drug-likeness (QED) is 0.0455. The van der Waals surface area contributed by atoms with E-state index in [1.165, 1.54) is 25.0 Å². The summed E-state index contributed by atoms with van der Waals surface area (Å²) in [4.78, 5) is 68.6. The Balaban J connectivity index is 2.13. The molecule has 0 saturated heterocycles. The highest BCUT2D eigenvalue weighted by atomic mass is 16.4. The second kappa shape index (κ2) is 17.2. The first-order valence-electron chi connectivity index (χ1n) is 13.2. The zero-order chi connectivity index (χ0) is 30.2. The molecule has 17 nitrogen and oxygen atoms in total. The molecular weight excluding hydrogens is 536 g/mol. The van der Waals surface area contributed by atoms with Crippen molar-refractivity contribution < 1.29 is 24.3 Å². The Morgan fingerprint density at radius 1 is 0.829 bits per heavy atom. The highest BCUT2D eigenvalue weighted by Gasteiger charge is 2.30. The third-order valence-electron chi connectivity index (χ3n) is 6.08. The maximum absolute atomic E-state index is 13.4. The minimum atomic E-state index is -1.24. The molecule has 226 valence electrons. The van der Waals surface area contributed by atoms with E-state index in [9.17, 15) is 24.3 Å².